The van der Waals surface area contributed by atoms with E-state index in [0.717, 1.165) is 12.8 Å². The smallest absolute Gasteiger partial charge is 0.309 e. The van der Waals surface area contributed by atoms with Gasteiger partial charge in [0.2, 0.25) is 0 Å². The lowest BCUT2D eigenvalue weighted by molar-refractivity contribution is -0.145. The molecule has 0 amide bonds. The molecule has 4 aliphatic carbocycles. The molecule has 6 atom stereocenters. The molecule has 4 aliphatic rings. The number of aliphatic carboxylic acids is 1. The standard InChI is InChI=1S/C13H14O2.C11H10O2/c1-2-15-13(14)12-10-7-8-5-3-4-6-9(8)11(10)12;12-11(13)10-8-5-6-3-1-2-4-7(6)9(8)10/h3-6,10-12H,2,7H2,1H3;1-4,8-10H,5H2,(H,12,13). The number of fused-ring (bicyclic) bond motifs is 6. The van der Waals surface area contributed by atoms with E-state index in [4.69, 9.17) is 9.84 Å². The molecule has 2 saturated carbocycles. The maximum Gasteiger partial charge on any atom is 0.309 e. The molecule has 6 rings (SSSR count). The fourth-order valence-corrected chi connectivity index (χ4v) is 5.60. The van der Waals surface area contributed by atoms with Crippen LogP contribution in [0.5, 0.6) is 0 Å². The molecule has 2 aromatic rings. The molecule has 2 aromatic carbocycles. The minimum atomic E-state index is -0.621. The zero-order valence-electron chi connectivity index (χ0n) is 15.9. The first-order valence-corrected chi connectivity index (χ1v) is 10.2. The molecule has 0 bridgehead atoms. The highest BCUT2D eigenvalue weighted by atomic mass is 16.5. The number of carboxylic acids is 1. The second-order valence-corrected chi connectivity index (χ2v) is 8.33. The van der Waals surface area contributed by atoms with Gasteiger partial charge in [-0.1, -0.05) is 48.5 Å². The Balaban J connectivity index is 0.000000123. The molecular formula is C24H24O4. The Morgan fingerprint density at radius 1 is 0.893 bits per heavy atom. The second kappa shape index (κ2) is 6.47. The third-order valence-electron chi connectivity index (χ3n) is 6.92. The molecule has 6 unspecified atom stereocenters. The van der Waals surface area contributed by atoms with E-state index in [0.29, 0.717) is 30.3 Å². The quantitative estimate of drug-likeness (QED) is 0.828. The van der Waals surface area contributed by atoms with Crippen LogP contribution in [0.1, 0.15) is 41.0 Å². The van der Waals surface area contributed by atoms with E-state index in [1.807, 2.05) is 19.1 Å². The number of carbonyl (C=O) groups excluding carboxylic acids is 1. The summed E-state index contributed by atoms with van der Waals surface area (Å²) in [6, 6.07) is 16.7. The summed E-state index contributed by atoms with van der Waals surface area (Å²) >= 11 is 0. The molecule has 2 fully saturated rings. The topological polar surface area (TPSA) is 63.6 Å². The van der Waals surface area contributed by atoms with Crippen molar-refractivity contribution in [2.24, 2.45) is 23.7 Å². The SMILES string of the molecule is CCOC(=O)C1C2Cc3ccccc3C21.O=C(O)C1C2Cc3ccccc3C21. The first-order valence-electron chi connectivity index (χ1n) is 10.2. The average Bonchev–Trinajstić information content (AvgIpc) is 3.51. The summed E-state index contributed by atoms with van der Waals surface area (Å²) in [5.41, 5.74) is 5.43. The Labute approximate surface area is 164 Å². The van der Waals surface area contributed by atoms with Crippen LogP contribution < -0.4 is 0 Å². The number of esters is 1. The van der Waals surface area contributed by atoms with Gasteiger partial charge < -0.3 is 9.84 Å². The van der Waals surface area contributed by atoms with Crippen molar-refractivity contribution in [3.8, 4) is 0 Å². The summed E-state index contributed by atoms with van der Waals surface area (Å²) in [5.74, 6) is 1.16. The van der Waals surface area contributed by atoms with Crippen LogP contribution in [-0.4, -0.2) is 23.7 Å². The Kier molecular flexibility index (Phi) is 4.04. The molecule has 0 aromatic heterocycles. The van der Waals surface area contributed by atoms with Crippen LogP contribution in [0.3, 0.4) is 0 Å². The van der Waals surface area contributed by atoms with E-state index in [-0.39, 0.29) is 17.8 Å². The van der Waals surface area contributed by atoms with Crippen LogP contribution in [0.2, 0.25) is 0 Å². The van der Waals surface area contributed by atoms with Crippen molar-refractivity contribution < 1.29 is 19.4 Å². The Morgan fingerprint density at radius 2 is 1.39 bits per heavy atom. The van der Waals surface area contributed by atoms with Crippen molar-refractivity contribution in [3.05, 3.63) is 70.8 Å². The Bertz CT molecular complexity index is 949. The van der Waals surface area contributed by atoms with Crippen LogP contribution in [0.4, 0.5) is 0 Å². The number of hydrogen-bond acceptors (Lipinski definition) is 3. The number of carbonyl (C=O) groups is 2. The number of benzene rings is 2. The molecule has 0 aliphatic heterocycles. The fraction of sp³-hybridized carbons (Fsp3) is 0.417. The lowest BCUT2D eigenvalue weighted by Crippen LogP contribution is -2.10. The maximum atomic E-state index is 11.6. The lowest BCUT2D eigenvalue weighted by atomic mass is 10.0. The molecule has 28 heavy (non-hydrogen) atoms. The van der Waals surface area contributed by atoms with Gasteiger partial charge in [-0.25, -0.2) is 0 Å². The fourth-order valence-electron chi connectivity index (χ4n) is 5.60. The Hall–Kier alpha value is -2.62. The summed E-state index contributed by atoms with van der Waals surface area (Å²) in [6.07, 6.45) is 2.03. The molecule has 144 valence electrons. The molecule has 4 nitrogen and oxygen atoms in total. The van der Waals surface area contributed by atoms with Gasteiger partial charge in [-0.15, -0.1) is 0 Å². The monoisotopic (exact) mass is 376 g/mol. The van der Waals surface area contributed by atoms with Crippen molar-refractivity contribution in [3.63, 3.8) is 0 Å². The third-order valence-corrected chi connectivity index (χ3v) is 6.92. The van der Waals surface area contributed by atoms with Crippen molar-refractivity contribution in [2.45, 2.75) is 31.6 Å². The average molecular weight is 376 g/mol. The van der Waals surface area contributed by atoms with Gasteiger partial charge in [0.25, 0.3) is 0 Å². The summed E-state index contributed by atoms with van der Waals surface area (Å²) < 4.78 is 5.08. The van der Waals surface area contributed by atoms with E-state index >= 15 is 0 Å². The molecule has 0 spiro atoms. The summed E-state index contributed by atoms with van der Waals surface area (Å²) in [6.45, 7) is 2.36. The highest BCUT2D eigenvalue weighted by Gasteiger charge is 2.60. The first kappa shape index (κ1) is 17.5. The van der Waals surface area contributed by atoms with Crippen molar-refractivity contribution in [1.29, 1.82) is 0 Å². The van der Waals surface area contributed by atoms with Gasteiger partial charge in [0.1, 0.15) is 0 Å². The van der Waals surface area contributed by atoms with E-state index in [2.05, 4.69) is 36.4 Å². The van der Waals surface area contributed by atoms with Crippen LogP contribution in [0.15, 0.2) is 48.5 Å². The van der Waals surface area contributed by atoms with Gasteiger partial charge in [-0.3, -0.25) is 9.59 Å². The van der Waals surface area contributed by atoms with Gasteiger partial charge >= 0.3 is 11.9 Å². The molecule has 0 radical (unpaired) electrons. The van der Waals surface area contributed by atoms with Crippen LogP contribution in [0.25, 0.3) is 0 Å². The van der Waals surface area contributed by atoms with Gasteiger partial charge in [0, 0.05) is 11.8 Å². The number of ether oxygens (including phenoxy) is 1. The minimum absolute atomic E-state index is 0.00185. The predicted octanol–water partition coefficient (Wildman–Crippen LogP) is 3.79. The third kappa shape index (κ3) is 2.66. The van der Waals surface area contributed by atoms with E-state index in [1.54, 1.807) is 0 Å². The largest absolute Gasteiger partial charge is 0.481 e. The van der Waals surface area contributed by atoms with Crippen LogP contribution in [-0.2, 0) is 27.2 Å². The number of rotatable bonds is 3. The zero-order valence-corrected chi connectivity index (χ0v) is 15.9. The van der Waals surface area contributed by atoms with E-state index in [9.17, 15) is 9.59 Å². The molecule has 0 saturated heterocycles. The highest BCUT2D eigenvalue weighted by Crippen LogP contribution is 2.62. The minimum Gasteiger partial charge on any atom is -0.481 e. The molecule has 0 heterocycles. The first-order chi connectivity index (χ1) is 13.6. The number of hydrogen-bond donors (Lipinski definition) is 1. The van der Waals surface area contributed by atoms with E-state index < -0.39 is 5.97 Å². The van der Waals surface area contributed by atoms with Crippen LogP contribution in [0, 0.1) is 23.7 Å². The summed E-state index contributed by atoms with van der Waals surface area (Å²) in [5, 5.41) is 8.88. The van der Waals surface area contributed by atoms with Gasteiger partial charge in [-0.2, -0.15) is 0 Å². The second-order valence-electron chi connectivity index (χ2n) is 8.33. The number of carboxylic acid groups (broad SMARTS) is 1. The van der Waals surface area contributed by atoms with Crippen molar-refractivity contribution in [1.82, 2.24) is 0 Å². The van der Waals surface area contributed by atoms with E-state index in [1.165, 1.54) is 22.3 Å². The predicted molar refractivity (Wildman–Crippen MR) is 104 cm³/mol. The van der Waals surface area contributed by atoms with Gasteiger partial charge in [-0.05, 0) is 53.9 Å². The Morgan fingerprint density at radius 3 is 1.93 bits per heavy atom. The molecular weight excluding hydrogens is 352 g/mol. The van der Waals surface area contributed by atoms with Crippen LogP contribution >= 0.6 is 0 Å². The maximum absolute atomic E-state index is 11.6. The summed E-state index contributed by atoms with van der Waals surface area (Å²) in [7, 11) is 0. The normalized spacial score (nSPS) is 32.0. The van der Waals surface area contributed by atoms with Crippen molar-refractivity contribution >= 4 is 11.9 Å². The van der Waals surface area contributed by atoms with Gasteiger partial charge in [0.15, 0.2) is 0 Å². The van der Waals surface area contributed by atoms with Crippen molar-refractivity contribution in [2.75, 3.05) is 6.61 Å². The summed E-state index contributed by atoms with van der Waals surface area (Å²) in [4.78, 5) is 22.4. The lowest BCUT2D eigenvalue weighted by Gasteiger charge is -2.06. The molecule has 4 heteroatoms. The highest BCUT2D eigenvalue weighted by molar-refractivity contribution is 5.79. The van der Waals surface area contributed by atoms with Gasteiger partial charge in [0.05, 0.1) is 18.4 Å². The molecule has 1 N–H and O–H groups in total. The zero-order chi connectivity index (χ0) is 19.4.